The molecule has 0 radical (unpaired) electrons. The lowest BCUT2D eigenvalue weighted by atomic mass is 9.98. The van der Waals surface area contributed by atoms with Crippen LogP contribution in [0.15, 0.2) is 29.3 Å². The highest BCUT2D eigenvalue weighted by atomic mass is 16.5. The highest BCUT2D eigenvalue weighted by Gasteiger charge is 2.19. The molecule has 1 aromatic carbocycles. The van der Waals surface area contributed by atoms with Gasteiger partial charge in [-0.1, -0.05) is 6.07 Å². The van der Waals surface area contributed by atoms with Crippen LogP contribution in [-0.2, 0) is 4.79 Å². The number of methoxy groups -OCH3 is 1. The number of dihydropyridines is 1. The number of hydrogen-bond acceptors (Lipinski definition) is 4. The summed E-state index contributed by atoms with van der Waals surface area (Å²) in [6.07, 6.45) is 3.02. The second-order valence-corrected chi connectivity index (χ2v) is 3.78. The number of amides is 1. The highest BCUT2D eigenvalue weighted by Crippen LogP contribution is 2.27. The van der Waals surface area contributed by atoms with Crippen LogP contribution in [0.2, 0.25) is 0 Å². The number of ether oxygens (including phenoxy) is 1. The number of nitriles is 1. The molecule has 2 N–H and O–H groups in total. The number of nitrogens with zero attached hydrogens (tertiary/aromatic N) is 2. The van der Waals surface area contributed by atoms with Crippen molar-refractivity contribution >= 4 is 23.4 Å². The summed E-state index contributed by atoms with van der Waals surface area (Å²) in [5.74, 6) is -0.684. The minimum atomic E-state index is -0.826. The minimum Gasteiger partial charge on any atom is -0.495 e. The third-order valence-electron chi connectivity index (χ3n) is 2.65. The molecule has 0 aromatic heterocycles. The minimum absolute atomic E-state index is 0.442. The molecule has 5 nitrogen and oxygen atoms in total. The van der Waals surface area contributed by atoms with E-state index in [9.17, 15) is 4.79 Å². The van der Waals surface area contributed by atoms with Crippen LogP contribution < -0.4 is 10.5 Å². The summed E-state index contributed by atoms with van der Waals surface area (Å²) in [5.41, 5.74) is 7.80. The van der Waals surface area contributed by atoms with Gasteiger partial charge in [-0.2, -0.15) is 5.26 Å². The summed E-state index contributed by atoms with van der Waals surface area (Å²) in [7, 11) is 1.54. The summed E-state index contributed by atoms with van der Waals surface area (Å²) in [5, 5.41) is 8.83. The van der Waals surface area contributed by atoms with Gasteiger partial charge in [0.2, 0.25) is 0 Å². The van der Waals surface area contributed by atoms with E-state index >= 15 is 0 Å². The van der Waals surface area contributed by atoms with Gasteiger partial charge in [-0.05, 0) is 29.3 Å². The molecule has 2 rings (SSSR count). The third kappa shape index (κ3) is 2.09. The van der Waals surface area contributed by atoms with Crippen LogP contribution in [0.25, 0.3) is 5.57 Å². The Morgan fingerprint density at radius 1 is 1.50 bits per heavy atom. The molecule has 0 spiro atoms. The van der Waals surface area contributed by atoms with Gasteiger partial charge in [-0.15, -0.1) is 0 Å². The van der Waals surface area contributed by atoms with Crippen LogP contribution in [0.5, 0.6) is 5.75 Å². The van der Waals surface area contributed by atoms with Crippen LogP contribution in [0.1, 0.15) is 5.56 Å². The van der Waals surface area contributed by atoms with E-state index in [2.05, 4.69) is 4.99 Å². The fourth-order valence-corrected chi connectivity index (χ4v) is 1.68. The van der Waals surface area contributed by atoms with Crippen molar-refractivity contribution in [3.8, 4) is 11.8 Å². The molecule has 0 saturated heterocycles. The second-order valence-electron chi connectivity index (χ2n) is 3.78. The lowest BCUT2D eigenvalue weighted by molar-refractivity contribution is -0.118. The molecule has 1 amide bonds. The Labute approximate surface area is 104 Å². The van der Waals surface area contributed by atoms with Crippen molar-refractivity contribution in [2.45, 2.75) is 0 Å². The Morgan fingerprint density at radius 3 is 2.89 bits per heavy atom. The molecule has 1 aliphatic rings. The first-order valence-electron chi connectivity index (χ1n) is 5.29. The zero-order valence-electron chi connectivity index (χ0n) is 9.75. The van der Waals surface area contributed by atoms with Crippen LogP contribution >= 0.6 is 0 Å². The van der Waals surface area contributed by atoms with Crippen LogP contribution in [0.3, 0.4) is 0 Å². The monoisotopic (exact) mass is 241 g/mol. The van der Waals surface area contributed by atoms with Crippen molar-refractivity contribution in [3.05, 3.63) is 29.8 Å². The number of aliphatic imine (C=N–C) groups is 1. The van der Waals surface area contributed by atoms with E-state index in [-0.39, 0.29) is 0 Å². The highest BCUT2D eigenvalue weighted by molar-refractivity contribution is 6.17. The topological polar surface area (TPSA) is 88.5 Å². The van der Waals surface area contributed by atoms with E-state index in [4.69, 9.17) is 15.7 Å². The third-order valence-corrected chi connectivity index (χ3v) is 2.65. The number of allylic oxidation sites excluding steroid dienone is 1. The fraction of sp³-hybridized carbons (Fsp3) is 0.154. The van der Waals surface area contributed by atoms with Gasteiger partial charge < -0.3 is 10.5 Å². The number of nitrogens with two attached hydrogens (primary N) is 1. The maximum Gasteiger partial charge on any atom is 0.266 e. The van der Waals surface area contributed by atoms with Gasteiger partial charge in [-0.25, -0.2) is 4.99 Å². The Kier molecular flexibility index (Phi) is 3.11. The number of anilines is 1. The van der Waals surface area contributed by atoms with Crippen LogP contribution in [0, 0.1) is 17.2 Å². The maximum atomic E-state index is 11.3. The SMILES string of the molecule is COc1ccc(C2=CC(C#N)C(=O)N=C2)cc1N. The zero-order chi connectivity index (χ0) is 13.1. The van der Waals surface area contributed by atoms with E-state index in [1.165, 1.54) is 13.3 Å². The zero-order valence-corrected chi connectivity index (χ0v) is 9.75. The number of carbonyl (C=O) groups is 1. The van der Waals surface area contributed by atoms with Gasteiger partial charge in [-0.3, -0.25) is 4.79 Å². The lowest BCUT2D eigenvalue weighted by Crippen LogP contribution is -2.12. The number of hydrogen-bond donors (Lipinski definition) is 1. The molecule has 5 heteroatoms. The molecular formula is C13H11N3O2. The normalized spacial score (nSPS) is 18.1. The lowest BCUT2D eigenvalue weighted by Gasteiger charge is -2.11. The maximum absolute atomic E-state index is 11.3. The van der Waals surface area contributed by atoms with Gasteiger partial charge in [0.25, 0.3) is 5.91 Å². The van der Waals surface area contributed by atoms with E-state index < -0.39 is 11.8 Å². The van der Waals surface area contributed by atoms with Crippen molar-refractivity contribution in [2.75, 3.05) is 12.8 Å². The molecule has 0 aliphatic carbocycles. The number of carbonyl (C=O) groups excluding carboxylic acids is 1. The Balaban J connectivity index is 2.39. The average Bonchev–Trinajstić information content (AvgIpc) is 2.39. The molecule has 90 valence electrons. The second kappa shape index (κ2) is 4.72. The van der Waals surface area contributed by atoms with Gasteiger partial charge in [0.05, 0.1) is 18.9 Å². The molecular weight excluding hydrogens is 230 g/mol. The summed E-state index contributed by atoms with van der Waals surface area (Å²) in [4.78, 5) is 14.9. The van der Waals surface area contributed by atoms with E-state index in [0.29, 0.717) is 17.0 Å². The van der Waals surface area contributed by atoms with E-state index in [0.717, 1.165) is 5.56 Å². The number of nitrogen functional groups attached to an aromatic ring is 1. The predicted molar refractivity (Wildman–Crippen MR) is 68.0 cm³/mol. The Hall–Kier alpha value is -2.61. The first-order valence-corrected chi connectivity index (χ1v) is 5.29. The first-order chi connectivity index (χ1) is 8.65. The summed E-state index contributed by atoms with van der Waals surface area (Å²) in [6, 6.07) is 7.15. The van der Waals surface area contributed by atoms with Gasteiger partial charge in [0.15, 0.2) is 0 Å². The fourth-order valence-electron chi connectivity index (χ4n) is 1.68. The van der Waals surface area contributed by atoms with Crippen LogP contribution in [-0.4, -0.2) is 19.2 Å². The molecule has 1 heterocycles. The van der Waals surface area contributed by atoms with Crippen molar-refractivity contribution in [2.24, 2.45) is 10.9 Å². The molecule has 1 aliphatic heterocycles. The average molecular weight is 241 g/mol. The van der Waals surface area contributed by atoms with Crippen molar-refractivity contribution in [3.63, 3.8) is 0 Å². The van der Waals surface area contributed by atoms with Gasteiger partial charge in [0.1, 0.15) is 11.7 Å². The summed E-state index contributed by atoms with van der Waals surface area (Å²) in [6.45, 7) is 0. The van der Waals surface area contributed by atoms with Crippen LogP contribution in [0.4, 0.5) is 5.69 Å². The summed E-state index contributed by atoms with van der Waals surface area (Å²) >= 11 is 0. The van der Waals surface area contributed by atoms with Gasteiger partial charge in [0, 0.05) is 6.21 Å². The standard InChI is InChI=1S/C13H11N3O2/c1-18-12-3-2-8(5-11(12)15)10-4-9(6-14)13(17)16-7-10/h2-5,7,9H,15H2,1H3. The molecule has 1 aromatic rings. The quantitative estimate of drug-likeness (QED) is 0.793. The molecule has 0 fully saturated rings. The molecule has 1 unspecified atom stereocenters. The smallest absolute Gasteiger partial charge is 0.266 e. The Bertz CT molecular complexity index is 597. The Morgan fingerprint density at radius 2 is 2.28 bits per heavy atom. The van der Waals surface area contributed by atoms with Crippen molar-refractivity contribution in [1.82, 2.24) is 0 Å². The predicted octanol–water partition coefficient (Wildman–Crippen LogP) is 1.41. The molecule has 0 bridgehead atoms. The molecule has 1 atom stereocenters. The molecule has 18 heavy (non-hydrogen) atoms. The molecule has 0 saturated carbocycles. The van der Waals surface area contributed by atoms with Crippen molar-refractivity contribution < 1.29 is 9.53 Å². The summed E-state index contributed by atoms with van der Waals surface area (Å²) < 4.78 is 5.06. The van der Waals surface area contributed by atoms with Gasteiger partial charge >= 0.3 is 0 Å². The number of rotatable bonds is 2. The first kappa shape index (κ1) is 11.9. The number of benzene rings is 1. The largest absolute Gasteiger partial charge is 0.495 e. The van der Waals surface area contributed by atoms with Crippen molar-refractivity contribution in [1.29, 1.82) is 5.26 Å². The van der Waals surface area contributed by atoms with E-state index in [1.54, 1.807) is 24.3 Å². The van der Waals surface area contributed by atoms with E-state index in [1.807, 2.05) is 6.07 Å².